The van der Waals surface area contributed by atoms with Gasteiger partial charge in [0.25, 0.3) is 0 Å². The molecule has 3 aliphatic rings. The number of aromatic nitrogens is 2. The first-order valence-corrected chi connectivity index (χ1v) is 15.4. The van der Waals surface area contributed by atoms with Gasteiger partial charge in [0.2, 0.25) is 12.7 Å². The predicted octanol–water partition coefficient (Wildman–Crippen LogP) is 6.45. The number of fused-ring (bicyclic) bond motifs is 1. The Kier molecular flexibility index (Phi) is 8.17. The van der Waals surface area contributed by atoms with Gasteiger partial charge in [-0.1, -0.05) is 32.8 Å². The largest absolute Gasteiger partial charge is 0.454 e. The molecule has 42 heavy (non-hydrogen) atoms. The second kappa shape index (κ2) is 12.0. The lowest BCUT2D eigenvalue weighted by Crippen LogP contribution is -2.48. The van der Waals surface area contributed by atoms with Gasteiger partial charge in [0.05, 0.1) is 6.54 Å². The molecule has 0 radical (unpaired) electrons. The van der Waals surface area contributed by atoms with Crippen molar-refractivity contribution >= 4 is 11.6 Å². The summed E-state index contributed by atoms with van der Waals surface area (Å²) < 4.78 is 25.5. The van der Waals surface area contributed by atoms with Crippen LogP contribution < -0.4 is 14.4 Å². The number of carbonyl (C=O) groups is 1. The third-order valence-electron chi connectivity index (χ3n) is 9.46. The van der Waals surface area contributed by atoms with Gasteiger partial charge in [-0.15, -0.1) is 0 Å². The molecule has 8 heteroatoms. The van der Waals surface area contributed by atoms with Gasteiger partial charge in [-0.2, -0.15) is 0 Å². The molecular formula is C34H41FN4O3. The zero-order valence-corrected chi connectivity index (χ0v) is 24.9. The summed E-state index contributed by atoms with van der Waals surface area (Å²) in [6.45, 7) is 7.48. The maximum Gasteiger partial charge on any atom is 0.241 e. The molecule has 2 aliphatic heterocycles. The molecule has 2 aromatic carbocycles. The van der Waals surface area contributed by atoms with Gasteiger partial charge in [-0.3, -0.25) is 9.69 Å². The van der Waals surface area contributed by atoms with Crippen LogP contribution in [0.2, 0.25) is 0 Å². The molecule has 1 saturated carbocycles. The van der Waals surface area contributed by atoms with E-state index < -0.39 is 0 Å². The first-order valence-electron chi connectivity index (χ1n) is 15.4. The van der Waals surface area contributed by atoms with Gasteiger partial charge in [-0.25, -0.2) is 14.4 Å². The Balaban J connectivity index is 1.29. The second-order valence-corrected chi connectivity index (χ2v) is 12.2. The Bertz CT molecular complexity index is 1410. The predicted molar refractivity (Wildman–Crippen MR) is 160 cm³/mol. The van der Waals surface area contributed by atoms with Crippen molar-refractivity contribution in [3.05, 3.63) is 77.6 Å². The summed E-state index contributed by atoms with van der Waals surface area (Å²) in [6, 6.07) is 13.4. The van der Waals surface area contributed by atoms with Crippen LogP contribution in [0.4, 0.5) is 10.1 Å². The zero-order chi connectivity index (χ0) is 29.3. The lowest BCUT2D eigenvalue weighted by Gasteiger charge is -2.35. The van der Waals surface area contributed by atoms with Crippen molar-refractivity contribution in [1.82, 2.24) is 14.9 Å². The minimum absolute atomic E-state index is 0.0585. The Morgan fingerprint density at radius 2 is 1.90 bits per heavy atom. The maximum absolute atomic E-state index is 14.4. The van der Waals surface area contributed by atoms with E-state index in [0.29, 0.717) is 18.0 Å². The summed E-state index contributed by atoms with van der Waals surface area (Å²) in [7, 11) is 0. The molecule has 1 spiro atoms. The quantitative estimate of drug-likeness (QED) is 0.263. The third kappa shape index (κ3) is 5.61. The first kappa shape index (κ1) is 28.6. The third-order valence-corrected chi connectivity index (χ3v) is 9.46. The van der Waals surface area contributed by atoms with Crippen molar-refractivity contribution in [3.63, 3.8) is 0 Å². The van der Waals surface area contributed by atoms with E-state index in [0.717, 1.165) is 74.4 Å². The highest BCUT2D eigenvalue weighted by Gasteiger charge is 2.62. The number of aryl methyl sites for hydroxylation is 1. The number of carbonyl (C=O) groups excluding carboxylic acids is 1. The fourth-order valence-corrected chi connectivity index (χ4v) is 7.28. The van der Waals surface area contributed by atoms with E-state index in [2.05, 4.69) is 40.8 Å². The summed E-state index contributed by atoms with van der Waals surface area (Å²) in [5.74, 6) is 2.13. The number of nitrogens with zero attached hydrogens (tertiary/aromatic N) is 4. The van der Waals surface area contributed by atoms with Crippen molar-refractivity contribution in [2.24, 2.45) is 5.92 Å². The fraction of sp³-hybridized carbons (Fsp3) is 0.500. The molecule has 7 nitrogen and oxygen atoms in total. The molecule has 0 bridgehead atoms. The van der Waals surface area contributed by atoms with E-state index >= 15 is 0 Å². The van der Waals surface area contributed by atoms with Gasteiger partial charge in [0.15, 0.2) is 11.5 Å². The number of hydrogen-bond acceptors (Lipinski definition) is 6. The van der Waals surface area contributed by atoms with Crippen LogP contribution in [-0.2, 0) is 11.2 Å². The first-order chi connectivity index (χ1) is 20.4. The average Bonchev–Trinajstić information content (AvgIpc) is 3.28. The molecule has 2 unspecified atom stereocenters. The number of halogens is 1. The van der Waals surface area contributed by atoms with E-state index in [1.165, 1.54) is 11.6 Å². The van der Waals surface area contributed by atoms with Gasteiger partial charge in [0, 0.05) is 35.7 Å². The van der Waals surface area contributed by atoms with Crippen LogP contribution in [0.3, 0.4) is 0 Å². The van der Waals surface area contributed by atoms with Crippen LogP contribution in [0.15, 0.2) is 55.0 Å². The molecule has 3 heterocycles. The van der Waals surface area contributed by atoms with E-state index in [1.54, 1.807) is 25.5 Å². The number of ether oxygens (including phenoxy) is 2. The molecule has 1 saturated heterocycles. The van der Waals surface area contributed by atoms with Crippen molar-refractivity contribution in [2.75, 3.05) is 24.8 Å². The Morgan fingerprint density at radius 1 is 1.10 bits per heavy atom. The van der Waals surface area contributed by atoms with Crippen molar-refractivity contribution in [2.45, 2.75) is 83.2 Å². The van der Waals surface area contributed by atoms with Gasteiger partial charge in [0.1, 0.15) is 12.1 Å². The second-order valence-electron chi connectivity index (χ2n) is 12.2. The molecule has 3 atom stereocenters. The highest BCUT2D eigenvalue weighted by atomic mass is 19.1. The van der Waals surface area contributed by atoms with Gasteiger partial charge >= 0.3 is 0 Å². The number of anilines is 1. The fourth-order valence-electron chi connectivity index (χ4n) is 7.28. The molecular weight excluding hydrogens is 531 g/mol. The lowest BCUT2D eigenvalue weighted by atomic mass is 9.94. The van der Waals surface area contributed by atoms with E-state index in [9.17, 15) is 9.18 Å². The normalized spacial score (nSPS) is 22.7. The summed E-state index contributed by atoms with van der Waals surface area (Å²) in [6.07, 6.45) is 10.1. The van der Waals surface area contributed by atoms with Crippen LogP contribution >= 0.6 is 0 Å². The topological polar surface area (TPSA) is 67.8 Å². The van der Waals surface area contributed by atoms with E-state index in [1.807, 2.05) is 23.1 Å². The Morgan fingerprint density at radius 3 is 2.64 bits per heavy atom. The highest BCUT2D eigenvalue weighted by molar-refractivity contribution is 5.95. The van der Waals surface area contributed by atoms with Crippen LogP contribution in [0, 0.1) is 18.7 Å². The number of benzene rings is 2. The lowest BCUT2D eigenvalue weighted by molar-refractivity contribution is -0.120. The van der Waals surface area contributed by atoms with Crippen LogP contribution in [-0.4, -0.2) is 52.2 Å². The molecule has 222 valence electrons. The number of hydrogen-bond donors (Lipinski definition) is 0. The van der Waals surface area contributed by atoms with E-state index in [-0.39, 0.29) is 36.0 Å². The number of rotatable bonds is 11. The summed E-state index contributed by atoms with van der Waals surface area (Å²) in [5, 5.41) is 0. The number of amides is 1. The van der Waals surface area contributed by atoms with Crippen LogP contribution in [0.1, 0.15) is 75.1 Å². The average molecular weight is 573 g/mol. The van der Waals surface area contributed by atoms with Crippen LogP contribution in [0.25, 0.3) is 0 Å². The molecule has 0 N–H and O–H groups in total. The van der Waals surface area contributed by atoms with Crippen molar-refractivity contribution in [3.8, 4) is 11.5 Å². The minimum atomic E-state index is -0.246. The van der Waals surface area contributed by atoms with Gasteiger partial charge in [-0.05, 0) is 98.4 Å². The molecule has 1 aromatic heterocycles. The molecule has 1 amide bonds. The molecule has 6 rings (SSSR count). The Labute approximate surface area is 248 Å². The van der Waals surface area contributed by atoms with Crippen molar-refractivity contribution in [1.29, 1.82) is 0 Å². The summed E-state index contributed by atoms with van der Waals surface area (Å²) in [5.41, 5.74) is 3.56. The standard InChI is InChI=1S/C34H41FN4O3/c1-4-6-28(7-5-2)39(29-9-10-30(35)23(3)14-29)33(40)20-38-19-25(24-8-11-31-32(15-24)42-22-41-31)17-34(38)18-26(34)16-27-12-13-36-21-37-27/h8-15,21,25-26,28H,4-7,16-20,22H2,1-3H3/t25-,26?,34?/m1/s1. The highest BCUT2D eigenvalue weighted by Crippen LogP contribution is 2.59. The molecule has 2 fully saturated rings. The number of likely N-dealkylation sites (tertiary alicyclic amines) is 1. The minimum Gasteiger partial charge on any atom is -0.454 e. The van der Waals surface area contributed by atoms with Crippen molar-refractivity contribution < 1.29 is 18.7 Å². The smallest absolute Gasteiger partial charge is 0.241 e. The molecule has 1 aliphatic carbocycles. The van der Waals surface area contributed by atoms with E-state index in [4.69, 9.17) is 9.47 Å². The Hall–Kier alpha value is -3.52. The SMILES string of the molecule is CCCC(CCC)N(C(=O)CN1C[C@H](c2ccc3c(c2)OCO3)CC12CC2Cc1ccncn1)c1ccc(F)c(C)c1. The monoisotopic (exact) mass is 572 g/mol. The maximum atomic E-state index is 14.4. The van der Waals surface area contributed by atoms with Crippen LogP contribution in [0.5, 0.6) is 11.5 Å². The summed E-state index contributed by atoms with van der Waals surface area (Å²) in [4.78, 5) is 27.4. The molecule has 3 aromatic rings. The zero-order valence-electron chi connectivity index (χ0n) is 24.9. The summed E-state index contributed by atoms with van der Waals surface area (Å²) >= 11 is 0. The van der Waals surface area contributed by atoms with Gasteiger partial charge < -0.3 is 14.4 Å².